The minimum atomic E-state index is -4.64. The molecule has 6 heteroatoms. The minimum absolute atomic E-state index is 0.240. The first-order valence-corrected chi connectivity index (χ1v) is 5.73. The number of nitrogens with one attached hydrogen (secondary N) is 1. The lowest BCUT2D eigenvalue weighted by atomic mass is 10.1. The van der Waals surface area contributed by atoms with Crippen LogP contribution in [0, 0.1) is 5.82 Å². The van der Waals surface area contributed by atoms with Crippen molar-refractivity contribution in [3.05, 3.63) is 29.6 Å². The highest BCUT2D eigenvalue weighted by atomic mass is 19.4. The molecular weight excluding hydrogens is 248 g/mol. The average Bonchev–Trinajstić information content (AvgIpc) is 2.27. The molecule has 0 saturated carbocycles. The number of alkyl halides is 3. The van der Waals surface area contributed by atoms with E-state index in [2.05, 4.69) is 5.32 Å². The molecule has 1 aliphatic rings. The summed E-state index contributed by atoms with van der Waals surface area (Å²) in [5.74, 6) is -1.22. The smallest absolute Gasteiger partial charge is 0.369 e. The van der Waals surface area contributed by atoms with Crippen molar-refractivity contribution >= 4 is 5.69 Å². The van der Waals surface area contributed by atoms with Crippen LogP contribution in [0.5, 0.6) is 0 Å². The lowest BCUT2D eigenvalue weighted by molar-refractivity contribution is -0.139. The molecule has 1 unspecified atom stereocenters. The van der Waals surface area contributed by atoms with E-state index in [4.69, 9.17) is 0 Å². The van der Waals surface area contributed by atoms with E-state index in [1.165, 1.54) is 6.07 Å². The second kappa shape index (κ2) is 4.76. The third-order valence-corrected chi connectivity index (χ3v) is 2.99. The van der Waals surface area contributed by atoms with Crippen molar-refractivity contribution in [3.8, 4) is 0 Å². The highest BCUT2D eigenvalue weighted by Gasteiger charge is 2.34. The number of halogens is 4. The molecule has 18 heavy (non-hydrogen) atoms. The topological polar surface area (TPSA) is 15.3 Å². The summed E-state index contributed by atoms with van der Waals surface area (Å²) in [7, 11) is 0. The van der Waals surface area contributed by atoms with Gasteiger partial charge in [0.2, 0.25) is 0 Å². The Morgan fingerprint density at radius 3 is 2.61 bits per heavy atom. The van der Waals surface area contributed by atoms with E-state index in [0.717, 1.165) is 18.7 Å². The summed E-state index contributed by atoms with van der Waals surface area (Å²) in [6.07, 6.45) is -4.64. The van der Waals surface area contributed by atoms with Gasteiger partial charge in [-0.3, -0.25) is 0 Å². The zero-order valence-electron chi connectivity index (χ0n) is 9.89. The van der Waals surface area contributed by atoms with Gasteiger partial charge in [0.05, 0.1) is 5.56 Å². The van der Waals surface area contributed by atoms with Gasteiger partial charge in [-0.05, 0) is 25.1 Å². The molecule has 1 fully saturated rings. The van der Waals surface area contributed by atoms with Gasteiger partial charge in [0.15, 0.2) is 0 Å². The minimum Gasteiger partial charge on any atom is -0.369 e. The summed E-state index contributed by atoms with van der Waals surface area (Å²) in [6, 6.07) is 3.33. The first-order valence-electron chi connectivity index (χ1n) is 5.73. The normalized spacial score (nSPS) is 21.2. The maximum Gasteiger partial charge on any atom is 0.419 e. The Kier molecular flexibility index (Phi) is 3.47. The van der Waals surface area contributed by atoms with Crippen LogP contribution in [0.3, 0.4) is 0 Å². The van der Waals surface area contributed by atoms with Gasteiger partial charge >= 0.3 is 6.18 Å². The van der Waals surface area contributed by atoms with E-state index >= 15 is 0 Å². The third kappa shape index (κ3) is 2.75. The Hall–Kier alpha value is -1.30. The van der Waals surface area contributed by atoms with Crippen molar-refractivity contribution in [1.82, 2.24) is 5.32 Å². The van der Waals surface area contributed by atoms with Crippen LogP contribution in [0.25, 0.3) is 0 Å². The molecule has 1 heterocycles. The van der Waals surface area contributed by atoms with Crippen LogP contribution in [0.4, 0.5) is 23.2 Å². The van der Waals surface area contributed by atoms with Crippen LogP contribution in [-0.2, 0) is 6.18 Å². The second-order valence-electron chi connectivity index (χ2n) is 4.46. The highest BCUT2D eigenvalue weighted by Crippen LogP contribution is 2.33. The molecular formula is C12H14F4N2. The number of hydrogen-bond acceptors (Lipinski definition) is 2. The first-order chi connectivity index (χ1) is 8.38. The summed E-state index contributed by atoms with van der Waals surface area (Å²) in [4.78, 5) is 1.88. The molecule has 1 saturated heterocycles. The third-order valence-electron chi connectivity index (χ3n) is 2.99. The number of piperazine rings is 1. The monoisotopic (exact) mass is 262 g/mol. The average molecular weight is 262 g/mol. The van der Waals surface area contributed by atoms with Crippen molar-refractivity contribution < 1.29 is 17.6 Å². The van der Waals surface area contributed by atoms with Crippen LogP contribution >= 0.6 is 0 Å². The predicted molar refractivity (Wildman–Crippen MR) is 61.1 cm³/mol. The number of nitrogens with zero attached hydrogens (tertiary/aromatic N) is 1. The summed E-state index contributed by atoms with van der Waals surface area (Å²) in [5.41, 5.74) is -0.719. The molecule has 0 spiro atoms. The van der Waals surface area contributed by atoms with Gasteiger partial charge in [-0.25, -0.2) is 4.39 Å². The van der Waals surface area contributed by atoms with Gasteiger partial charge in [-0.15, -0.1) is 0 Å². The number of rotatable bonds is 1. The van der Waals surface area contributed by atoms with Crippen molar-refractivity contribution in [3.63, 3.8) is 0 Å². The molecule has 1 N–H and O–H groups in total. The van der Waals surface area contributed by atoms with Gasteiger partial charge < -0.3 is 10.2 Å². The Balaban J connectivity index is 2.23. The van der Waals surface area contributed by atoms with Gasteiger partial charge in [-0.1, -0.05) is 0 Å². The molecule has 2 rings (SSSR count). The van der Waals surface area contributed by atoms with Crippen molar-refractivity contribution in [1.29, 1.82) is 0 Å². The quantitative estimate of drug-likeness (QED) is 0.783. The SMILES string of the molecule is CC1CN(c2ccc(C(F)(F)F)c(F)c2)CCN1. The summed E-state index contributed by atoms with van der Waals surface area (Å²) in [5, 5.41) is 3.22. The predicted octanol–water partition coefficient (Wildman–Crippen LogP) is 2.64. The van der Waals surface area contributed by atoms with Gasteiger partial charge in [0.1, 0.15) is 5.82 Å². The molecule has 0 amide bonds. The van der Waals surface area contributed by atoms with Gasteiger partial charge in [0.25, 0.3) is 0 Å². The molecule has 1 aromatic rings. The lowest BCUT2D eigenvalue weighted by Crippen LogP contribution is -2.49. The number of benzene rings is 1. The summed E-state index contributed by atoms with van der Waals surface area (Å²) < 4.78 is 50.7. The first kappa shape index (κ1) is 13.1. The largest absolute Gasteiger partial charge is 0.419 e. The fourth-order valence-electron chi connectivity index (χ4n) is 2.10. The van der Waals surface area contributed by atoms with E-state index in [9.17, 15) is 17.6 Å². The molecule has 1 atom stereocenters. The highest BCUT2D eigenvalue weighted by molar-refractivity contribution is 5.49. The van der Waals surface area contributed by atoms with Crippen LogP contribution in [-0.4, -0.2) is 25.7 Å². The van der Waals surface area contributed by atoms with Crippen LogP contribution in [0.1, 0.15) is 12.5 Å². The Labute approximate surface area is 103 Å². The van der Waals surface area contributed by atoms with E-state index < -0.39 is 17.6 Å². The number of anilines is 1. The lowest BCUT2D eigenvalue weighted by Gasteiger charge is -2.33. The Morgan fingerprint density at radius 1 is 1.33 bits per heavy atom. The van der Waals surface area contributed by atoms with E-state index in [1.807, 2.05) is 11.8 Å². The van der Waals surface area contributed by atoms with Crippen molar-refractivity contribution in [2.75, 3.05) is 24.5 Å². The summed E-state index contributed by atoms with van der Waals surface area (Å²) >= 11 is 0. The van der Waals surface area contributed by atoms with E-state index in [0.29, 0.717) is 18.8 Å². The van der Waals surface area contributed by atoms with Gasteiger partial charge in [0, 0.05) is 31.4 Å². The molecule has 0 bridgehead atoms. The van der Waals surface area contributed by atoms with Crippen LogP contribution in [0.15, 0.2) is 18.2 Å². The molecule has 1 aromatic carbocycles. The van der Waals surface area contributed by atoms with Gasteiger partial charge in [-0.2, -0.15) is 13.2 Å². The van der Waals surface area contributed by atoms with E-state index in [-0.39, 0.29) is 6.04 Å². The van der Waals surface area contributed by atoms with E-state index in [1.54, 1.807) is 0 Å². The molecule has 0 radical (unpaired) electrons. The molecule has 0 aliphatic carbocycles. The number of hydrogen-bond donors (Lipinski definition) is 1. The van der Waals surface area contributed by atoms with Crippen molar-refractivity contribution in [2.24, 2.45) is 0 Å². The zero-order chi connectivity index (χ0) is 13.3. The zero-order valence-corrected chi connectivity index (χ0v) is 9.89. The van der Waals surface area contributed by atoms with Crippen LogP contribution < -0.4 is 10.2 Å². The molecule has 0 aromatic heterocycles. The second-order valence-corrected chi connectivity index (χ2v) is 4.46. The molecule has 100 valence electrons. The fraction of sp³-hybridized carbons (Fsp3) is 0.500. The maximum absolute atomic E-state index is 13.4. The Bertz CT molecular complexity index is 431. The standard InChI is InChI=1S/C12H14F4N2/c1-8-7-18(5-4-17-8)9-2-3-10(11(13)6-9)12(14,15)16/h2-3,6,8,17H,4-5,7H2,1H3. The van der Waals surface area contributed by atoms with Crippen LogP contribution in [0.2, 0.25) is 0 Å². The fourth-order valence-corrected chi connectivity index (χ4v) is 2.10. The summed E-state index contributed by atoms with van der Waals surface area (Å²) in [6.45, 7) is 4.04. The molecule has 2 nitrogen and oxygen atoms in total. The van der Waals surface area contributed by atoms with Crippen molar-refractivity contribution in [2.45, 2.75) is 19.1 Å². The maximum atomic E-state index is 13.4. The molecule has 1 aliphatic heterocycles. The Morgan fingerprint density at radius 2 is 2.06 bits per heavy atom.